The molecular weight excluding hydrogens is 226 g/mol. The molecule has 2 aromatic carbocycles. The van der Waals surface area contributed by atoms with Crippen LogP contribution in [0.2, 0.25) is 0 Å². The van der Waals surface area contributed by atoms with Crippen molar-refractivity contribution >= 4 is 22.4 Å². The number of ether oxygens (including phenoxy) is 1. The highest BCUT2D eigenvalue weighted by Gasteiger charge is 2.20. The highest BCUT2D eigenvalue weighted by atomic mass is 16.6. The average Bonchev–Trinajstić information content (AvgIpc) is 2.25. The molecule has 0 aromatic heterocycles. The number of nitrogens with two attached hydrogens (primary N) is 1. The van der Waals surface area contributed by atoms with Crippen LogP contribution in [0.25, 0.3) is 10.8 Å². The molecule has 0 atom stereocenters. The molecule has 3 heteroatoms. The van der Waals surface area contributed by atoms with Crippen molar-refractivity contribution in [3.05, 3.63) is 42.0 Å². The van der Waals surface area contributed by atoms with Crippen molar-refractivity contribution in [2.75, 3.05) is 5.73 Å². The van der Waals surface area contributed by atoms with E-state index in [1.165, 1.54) is 0 Å². The van der Waals surface area contributed by atoms with Gasteiger partial charge in [0.05, 0.1) is 5.56 Å². The summed E-state index contributed by atoms with van der Waals surface area (Å²) in [7, 11) is 0. The van der Waals surface area contributed by atoms with Gasteiger partial charge in [0.15, 0.2) is 0 Å². The number of benzene rings is 2. The van der Waals surface area contributed by atoms with E-state index in [2.05, 4.69) is 0 Å². The van der Waals surface area contributed by atoms with Crippen LogP contribution in [0.4, 0.5) is 5.69 Å². The quantitative estimate of drug-likeness (QED) is 0.617. The minimum Gasteiger partial charge on any atom is -0.456 e. The SMILES string of the molecule is CC(C)(C)OC(=O)c1cc2ccccc2cc1N. The van der Waals surface area contributed by atoms with E-state index in [1.54, 1.807) is 12.1 Å². The van der Waals surface area contributed by atoms with E-state index in [1.807, 2.05) is 45.0 Å². The topological polar surface area (TPSA) is 52.3 Å². The summed E-state index contributed by atoms with van der Waals surface area (Å²) in [5.74, 6) is -0.384. The monoisotopic (exact) mass is 243 g/mol. The molecule has 0 saturated heterocycles. The van der Waals surface area contributed by atoms with Crippen LogP contribution >= 0.6 is 0 Å². The molecule has 94 valence electrons. The number of hydrogen-bond donors (Lipinski definition) is 1. The average molecular weight is 243 g/mol. The van der Waals surface area contributed by atoms with Gasteiger partial charge in [0.25, 0.3) is 0 Å². The van der Waals surface area contributed by atoms with Crippen molar-refractivity contribution in [2.45, 2.75) is 26.4 Å². The maximum atomic E-state index is 12.0. The fourth-order valence-electron chi connectivity index (χ4n) is 1.77. The molecule has 3 nitrogen and oxygen atoms in total. The Morgan fingerprint density at radius 3 is 2.22 bits per heavy atom. The van der Waals surface area contributed by atoms with E-state index < -0.39 is 5.60 Å². The molecule has 0 aliphatic carbocycles. The fourth-order valence-corrected chi connectivity index (χ4v) is 1.77. The number of esters is 1. The van der Waals surface area contributed by atoms with Crippen LogP contribution < -0.4 is 5.73 Å². The molecule has 0 heterocycles. The van der Waals surface area contributed by atoms with Crippen molar-refractivity contribution in [1.29, 1.82) is 0 Å². The summed E-state index contributed by atoms with van der Waals surface area (Å²) in [5.41, 5.74) is 6.25. The third kappa shape index (κ3) is 2.62. The largest absolute Gasteiger partial charge is 0.456 e. The lowest BCUT2D eigenvalue weighted by molar-refractivity contribution is 0.00710. The van der Waals surface area contributed by atoms with E-state index in [0.717, 1.165) is 10.8 Å². The zero-order chi connectivity index (χ0) is 13.3. The van der Waals surface area contributed by atoms with Crippen LogP contribution in [0.1, 0.15) is 31.1 Å². The summed E-state index contributed by atoms with van der Waals surface area (Å²) in [4.78, 5) is 12.0. The molecule has 0 saturated carbocycles. The first-order valence-electron chi connectivity index (χ1n) is 5.88. The maximum Gasteiger partial charge on any atom is 0.340 e. The summed E-state index contributed by atoms with van der Waals surface area (Å²) in [6.07, 6.45) is 0. The molecule has 0 radical (unpaired) electrons. The molecular formula is C15H17NO2. The molecule has 0 spiro atoms. The minimum absolute atomic E-state index is 0.384. The highest BCUT2D eigenvalue weighted by molar-refractivity contribution is 6.01. The summed E-state index contributed by atoms with van der Waals surface area (Å²) in [6, 6.07) is 11.4. The van der Waals surface area contributed by atoms with Crippen LogP contribution in [0.3, 0.4) is 0 Å². The number of hydrogen-bond acceptors (Lipinski definition) is 3. The summed E-state index contributed by atoms with van der Waals surface area (Å²) in [5, 5.41) is 2.00. The van der Waals surface area contributed by atoms with Gasteiger partial charge in [-0.05, 0) is 43.7 Å². The van der Waals surface area contributed by atoms with Gasteiger partial charge in [-0.1, -0.05) is 24.3 Å². The fraction of sp³-hybridized carbons (Fsp3) is 0.267. The second-order valence-electron chi connectivity index (χ2n) is 5.29. The van der Waals surface area contributed by atoms with Gasteiger partial charge in [-0.3, -0.25) is 0 Å². The standard InChI is InChI=1S/C15H17NO2/c1-15(2,3)18-14(17)12-8-10-6-4-5-7-11(10)9-13(12)16/h4-9H,16H2,1-3H3. The number of fused-ring (bicyclic) bond motifs is 1. The van der Waals surface area contributed by atoms with Crippen LogP contribution in [0.5, 0.6) is 0 Å². The first-order valence-corrected chi connectivity index (χ1v) is 5.88. The Kier molecular flexibility index (Phi) is 2.99. The van der Waals surface area contributed by atoms with Gasteiger partial charge < -0.3 is 10.5 Å². The lowest BCUT2D eigenvalue weighted by Gasteiger charge is -2.20. The summed E-state index contributed by atoms with van der Waals surface area (Å²) in [6.45, 7) is 5.51. The number of carbonyl (C=O) groups excluding carboxylic acids is 1. The van der Waals surface area contributed by atoms with Crippen LogP contribution in [0, 0.1) is 0 Å². The Bertz CT molecular complexity index is 597. The lowest BCUT2D eigenvalue weighted by atomic mass is 10.0. The lowest BCUT2D eigenvalue weighted by Crippen LogP contribution is -2.24. The molecule has 0 aliphatic rings. The zero-order valence-corrected chi connectivity index (χ0v) is 10.9. The minimum atomic E-state index is -0.519. The van der Waals surface area contributed by atoms with E-state index in [4.69, 9.17) is 10.5 Å². The maximum absolute atomic E-state index is 12.0. The zero-order valence-electron chi connectivity index (χ0n) is 10.9. The highest BCUT2D eigenvalue weighted by Crippen LogP contribution is 2.24. The van der Waals surface area contributed by atoms with Gasteiger partial charge in [-0.15, -0.1) is 0 Å². The van der Waals surface area contributed by atoms with E-state index >= 15 is 0 Å². The van der Waals surface area contributed by atoms with Gasteiger partial charge in [0, 0.05) is 5.69 Å². The van der Waals surface area contributed by atoms with Crippen LogP contribution in [-0.4, -0.2) is 11.6 Å². The van der Waals surface area contributed by atoms with Gasteiger partial charge in [0.2, 0.25) is 0 Å². The number of rotatable bonds is 1. The van der Waals surface area contributed by atoms with Crippen molar-refractivity contribution in [2.24, 2.45) is 0 Å². The summed E-state index contributed by atoms with van der Waals surface area (Å²) < 4.78 is 5.33. The Morgan fingerprint density at radius 1 is 1.11 bits per heavy atom. The normalized spacial score (nSPS) is 11.5. The Labute approximate surface area is 107 Å². The first-order chi connectivity index (χ1) is 8.37. The third-order valence-corrected chi connectivity index (χ3v) is 2.54. The van der Waals surface area contributed by atoms with Crippen LogP contribution in [-0.2, 0) is 4.74 Å². The second-order valence-corrected chi connectivity index (χ2v) is 5.29. The van der Waals surface area contributed by atoms with E-state index in [0.29, 0.717) is 11.3 Å². The van der Waals surface area contributed by atoms with E-state index in [-0.39, 0.29) is 5.97 Å². The van der Waals surface area contributed by atoms with Crippen molar-refractivity contribution < 1.29 is 9.53 Å². The number of nitrogen functional groups attached to an aromatic ring is 1. The molecule has 2 aromatic rings. The van der Waals surface area contributed by atoms with Gasteiger partial charge in [-0.2, -0.15) is 0 Å². The molecule has 18 heavy (non-hydrogen) atoms. The Balaban J connectivity index is 2.45. The van der Waals surface area contributed by atoms with Crippen molar-refractivity contribution in [3.8, 4) is 0 Å². The molecule has 2 rings (SSSR count). The Morgan fingerprint density at radius 2 is 1.67 bits per heavy atom. The predicted molar refractivity (Wildman–Crippen MR) is 73.5 cm³/mol. The van der Waals surface area contributed by atoms with Gasteiger partial charge in [0.1, 0.15) is 5.60 Å². The predicted octanol–water partition coefficient (Wildman–Crippen LogP) is 3.38. The smallest absolute Gasteiger partial charge is 0.340 e. The molecule has 0 amide bonds. The first kappa shape index (κ1) is 12.4. The molecule has 0 unspecified atom stereocenters. The second kappa shape index (κ2) is 4.33. The molecule has 0 bridgehead atoms. The third-order valence-electron chi connectivity index (χ3n) is 2.54. The summed E-state index contributed by atoms with van der Waals surface area (Å²) >= 11 is 0. The van der Waals surface area contributed by atoms with Gasteiger partial charge >= 0.3 is 5.97 Å². The molecule has 0 aliphatic heterocycles. The molecule has 2 N–H and O–H groups in total. The number of carbonyl (C=O) groups is 1. The van der Waals surface area contributed by atoms with Crippen molar-refractivity contribution in [1.82, 2.24) is 0 Å². The molecule has 0 fully saturated rings. The van der Waals surface area contributed by atoms with E-state index in [9.17, 15) is 4.79 Å². The Hall–Kier alpha value is -2.03. The van der Waals surface area contributed by atoms with Crippen molar-refractivity contribution in [3.63, 3.8) is 0 Å². The van der Waals surface area contributed by atoms with Crippen LogP contribution in [0.15, 0.2) is 36.4 Å². The number of anilines is 1. The van der Waals surface area contributed by atoms with Gasteiger partial charge in [-0.25, -0.2) is 4.79 Å².